The lowest BCUT2D eigenvalue weighted by atomic mass is 9.94. The Morgan fingerprint density at radius 1 is 1.50 bits per heavy atom. The second-order valence-corrected chi connectivity index (χ2v) is 5.51. The molecule has 0 aliphatic rings. The zero-order chi connectivity index (χ0) is 12.5. The summed E-state index contributed by atoms with van der Waals surface area (Å²) in [6, 6.07) is 1.91. The topological polar surface area (TPSA) is 55.5 Å². The molecule has 0 unspecified atom stereocenters. The fraction of sp³-hybridized carbons (Fsp3) is 0.500. The summed E-state index contributed by atoms with van der Waals surface area (Å²) in [4.78, 5) is 0. The molecule has 0 aliphatic carbocycles. The van der Waals surface area contributed by atoms with Crippen LogP contribution in [-0.4, -0.2) is 17.8 Å². The Hall–Kier alpha value is -0.740. The van der Waals surface area contributed by atoms with Gasteiger partial charge in [0.15, 0.2) is 0 Å². The van der Waals surface area contributed by atoms with Gasteiger partial charge in [-0.25, -0.2) is 0 Å². The fourth-order valence-corrected chi connectivity index (χ4v) is 2.39. The summed E-state index contributed by atoms with van der Waals surface area (Å²) in [5.41, 5.74) is 7.50. The predicted molar refractivity (Wildman–Crippen MR) is 69.1 cm³/mol. The van der Waals surface area contributed by atoms with Crippen molar-refractivity contribution in [3.63, 3.8) is 0 Å². The van der Waals surface area contributed by atoms with Gasteiger partial charge in [-0.2, -0.15) is 0 Å². The van der Waals surface area contributed by atoms with E-state index in [-0.39, 0.29) is 11.3 Å². The van der Waals surface area contributed by atoms with Crippen LogP contribution in [0.1, 0.15) is 25.0 Å². The van der Waals surface area contributed by atoms with Crippen LogP contribution in [0.2, 0.25) is 0 Å². The number of benzene rings is 1. The third-order valence-electron chi connectivity index (χ3n) is 2.31. The average molecular weight is 288 g/mol. The summed E-state index contributed by atoms with van der Waals surface area (Å²) in [6.07, 6.45) is 0.690. The van der Waals surface area contributed by atoms with Crippen molar-refractivity contribution in [2.24, 2.45) is 5.73 Å². The van der Waals surface area contributed by atoms with Crippen LogP contribution in [0.3, 0.4) is 0 Å². The minimum absolute atomic E-state index is 0.218. The Bertz CT molecular complexity index is 397. The Kier molecular flexibility index (Phi) is 3.86. The van der Waals surface area contributed by atoms with E-state index in [2.05, 4.69) is 15.9 Å². The minimum atomic E-state index is -0.309. The summed E-state index contributed by atoms with van der Waals surface area (Å²) in [7, 11) is 1.59. The molecule has 1 aromatic rings. The summed E-state index contributed by atoms with van der Waals surface area (Å²) >= 11 is 3.33. The number of hydrogen-bond donors (Lipinski definition) is 2. The van der Waals surface area contributed by atoms with Gasteiger partial charge in [-0.3, -0.25) is 0 Å². The lowest BCUT2D eigenvalue weighted by molar-refractivity contribution is 0.391. The van der Waals surface area contributed by atoms with Gasteiger partial charge in [-0.1, -0.05) is 0 Å². The Morgan fingerprint density at radius 2 is 2.06 bits per heavy atom. The maximum Gasteiger partial charge on any atom is 0.140 e. The smallest absolute Gasteiger partial charge is 0.140 e. The average Bonchev–Trinajstić information content (AvgIpc) is 2.12. The molecule has 0 spiro atoms. The number of methoxy groups -OCH3 is 1. The minimum Gasteiger partial charge on any atom is -0.506 e. The van der Waals surface area contributed by atoms with E-state index in [1.807, 2.05) is 26.8 Å². The summed E-state index contributed by atoms with van der Waals surface area (Å²) in [6.45, 7) is 5.78. The first-order valence-corrected chi connectivity index (χ1v) is 5.89. The van der Waals surface area contributed by atoms with Crippen LogP contribution in [0.15, 0.2) is 10.5 Å². The highest BCUT2D eigenvalue weighted by molar-refractivity contribution is 9.10. The molecule has 0 amide bonds. The number of phenols is 1. The zero-order valence-corrected chi connectivity index (χ0v) is 11.7. The van der Waals surface area contributed by atoms with Crippen molar-refractivity contribution in [2.75, 3.05) is 7.11 Å². The first kappa shape index (κ1) is 13.3. The normalized spacial score (nSPS) is 11.6. The third kappa shape index (κ3) is 2.89. The van der Waals surface area contributed by atoms with Crippen LogP contribution < -0.4 is 10.5 Å². The van der Waals surface area contributed by atoms with Crippen LogP contribution in [0.4, 0.5) is 0 Å². The largest absolute Gasteiger partial charge is 0.506 e. The molecule has 3 N–H and O–H groups in total. The standard InChI is InChI=1S/C12H18BrNO2/c1-7-5-8(6-12(2,3)14)11(16-4)9(13)10(7)15/h5,15H,6,14H2,1-4H3. The number of nitrogens with two attached hydrogens (primary N) is 1. The molecule has 0 aromatic heterocycles. The van der Waals surface area contributed by atoms with Crippen LogP contribution in [-0.2, 0) is 6.42 Å². The lowest BCUT2D eigenvalue weighted by Crippen LogP contribution is -2.34. The van der Waals surface area contributed by atoms with E-state index in [4.69, 9.17) is 10.5 Å². The summed E-state index contributed by atoms with van der Waals surface area (Å²) < 4.78 is 5.89. The number of phenolic OH excluding ortho intramolecular Hbond substituents is 1. The molecule has 4 heteroatoms. The van der Waals surface area contributed by atoms with Gasteiger partial charge in [-0.05, 0) is 60.3 Å². The van der Waals surface area contributed by atoms with Gasteiger partial charge in [0.05, 0.1) is 7.11 Å². The van der Waals surface area contributed by atoms with E-state index in [1.165, 1.54) is 0 Å². The number of aryl methyl sites for hydroxylation is 1. The molecule has 0 bridgehead atoms. The molecular weight excluding hydrogens is 270 g/mol. The zero-order valence-electron chi connectivity index (χ0n) is 10.1. The SMILES string of the molecule is COc1c(CC(C)(C)N)cc(C)c(O)c1Br. The van der Waals surface area contributed by atoms with Gasteiger partial charge in [-0.15, -0.1) is 0 Å². The van der Waals surface area contributed by atoms with Crippen LogP contribution in [0, 0.1) is 6.92 Å². The molecule has 0 atom stereocenters. The molecular formula is C12H18BrNO2. The maximum atomic E-state index is 9.78. The summed E-state index contributed by atoms with van der Waals surface area (Å²) in [5.74, 6) is 0.872. The highest BCUT2D eigenvalue weighted by Crippen LogP contribution is 2.40. The molecule has 0 aliphatic heterocycles. The molecule has 1 aromatic carbocycles. The molecule has 0 radical (unpaired) electrons. The Morgan fingerprint density at radius 3 is 2.50 bits per heavy atom. The van der Waals surface area contributed by atoms with E-state index in [9.17, 15) is 5.11 Å². The van der Waals surface area contributed by atoms with Crippen molar-refractivity contribution in [1.82, 2.24) is 0 Å². The molecule has 0 heterocycles. The first-order chi connectivity index (χ1) is 7.26. The van der Waals surface area contributed by atoms with Crippen molar-refractivity contribution < 1.29 is 9.84 Å². The first-order valence-electron chi connectivity index (χ1n) is 5.10. The van der Waals surface area contributed by atoms with E-state index in [1.54, 1.807) is 7.11 Å². The maximum absolute atomic E-state index is 9.78. The van der Waals surface area contributed by atoms with E-state index < -0.39 is 0 Å². The van der Waals surface area contributed by atoms with Crippen molar-refractivity contribution in [3.05, 3.63) is 21.7 Å². The number of aromatic hydroxyl groups is 1. The second kappa shape index (κ2) is 4.63. The van der Waals surface area contributed by atoms with Gasteiger partial charge in [0, 0.05) is 5.54 Å². The van der Waals surface area contributed by atoms with Crippen molar-refractivity contribution in [1.29, 1.82) is 0 Å². The van der Waals surface area contributed by atoms with Crippen LogP contribution in [0.5, 0.6) is 11.5 Å². The molecule has 0 saturated heterocycles. The number of halogens is 1. The fourth-order valence-electron chi connectivity index (χ4n) is 1.66. The quantitative estimate of drug-likeness (QED) is 0.899. The molecule has 1 rings (SSSR count). The third-order valence-corrected chi connectivity index (χ3v) is 3.05. The van der Waals surface area contributed by atoms with Crippen molar-refractivity contribution in [3.8, 4) is 11.5 Å². The Labute approximate surface area is 105 Å². The molecule has 0 saturated carbocycles. The van der Waals surface area contributed by atoms with Crippen molar-refractivity contribution in [2.45, 2.75) is 32.7 Å². The molecule has 3 nitrogen and oxygen atoms in total. The molecule has 0 fully saturated rings. The highest BCUT2D eigenvalue weighted by atomic mass is 79.9. The second-order valence-electron chi connectivity index (χ2n) is 4.71. The van der Waals surface area contributed by atoms with Crippen LogP contribution in [0.25, 0.3) is 0 Å². The van der Waals surface area contributed by atoms with E-state index in [0.29, 0.717) is 16.6 Å². The predicted octanol–water partition coefficient (Wildman–Crippen LogP) is 2.75. The lowest BCUT2D eigenvalue weighted by Gasteiger charge is -2.21. The number of hydrogen-bond acceptors (Lipinski definition) is 3. The summed E-state index contributed by atoms with van der Waals surface area (Å²) in [5, 5.41) is 9.78. The number of rotatable bonds is 3. The van der Waals surface area contributed by atoms with Gasteiger partial charge < -0.3 is 15.6 Å². The van der Waals surface area contributed by atoms with Gasteiger partial charge in [0.2, 0.25) is 0 Å². The van der Waals surface area contributed by atoms with E-state index >= 15 is 0 Å². The highest BCUT2D eigenvalue weighted by Gasteiger charge is 2.19. The van der Waals surface area contributed by atoms with E-state index in [0.717, 1.165) is 11.1 Å². The monoisotopic (exact) mass is 287 g/mol. The number of ether oxygens (including phenoxy) is 1. The molecule has 16 heavy (non-hydrogen) atoms. The van der Waals surface area contributed by atoms with Gasteiger partial charge >= 0.3 is 0 Å². The van der Waals surface area contributed by atoms with Gasteiger partial charge in [0.1, 0.15) is 16.0 Å². The van der Waals surface area contributed by atoms with Crippen molar-refractivity contribution >= 4 is 15.9 Å². The van der Waals surface area contributed by atoms with Crippen LogP contribution >= 0.6 is 15.9 Å². The van der Waals surface area contributed by atoms with Gasteiger partial charge in [0.25, 0.3) is 0 Å². The Balaban J connectivity index is 3.28. The molecule has 90 valence electrons.